The van der Waals surface area contributed by atoms with Gasteiger partial charge in [-0.2, -0.15) is 0 Å². The zero-order chi connectivity index (χ0) is 19.6. The summed E-state index contributed by atoms with van der Waals surface area (Å²) in [4.78, 5) is 9.50. The topological polar surface area (TPSA) is 40.1 Å². The third-order valence-corrected chi connectivity index (χ3v) is 6.07. The summed E-state index contributed by atoms with van der Waals surface area (Å²) in [5.74, 6) is 2.56. The van der Waals surface area contributed by atoms with E-state index in [1.807, 2.05) is 13.1 Å². The van der Waals surface area contributed by atoms with Gasteiger partial charge in [0.2, 0.25) is 0 Å². The standard InChI is InChI=1S/C23H38N4O.HI/c1-20-9-14-26(15-10-20)13-6-12-25-23(24-2)27-16-11-22(17-27)19-28-18-21-7-4-3-5-8-21;/h3-5,7-8,20,22H,6,9-19H2,1-2H3,(H,24,25);1H. The Morgan fingerprint density at radius 3 is 2.62 bits per heavy atom. The lowest BCUT2D eigenvalue weighted by Gasteiger charge is -2.30. The summed E-state index contributed by atoms with van der Waals surface area (Å²) in [5, 5.41) is 3.57. The predicted molar refractivity (Wildman–Crippen MR) is 132 cm³/mol. The molecule has 0 amide bonds. The minimum atomic E-state index is 0. The van der Waals surface area contributed by atoms with Gasteiger partial charge in [-0.25, -0.2) is 0 Å². The molecular formula is C23H39IN4O. The van der Waals surface area contributed by atoms with Crippen LogP contribution in [0.4, 0.5) is 0 Å². The van der Waals surface area contributed by atoms with Gasteiger partial charge in [-0.3, -0.25) is 4.99 Å². The Morgan fingerprint density at radius 2 is 1.90 bits per heavy atom. The number of rotatable bonds is 8. The number of ether oxygens (including phenoxy) is 1. The van der Waals surface area contributed by atoms with Gasteiger partial charge in [-0.15, -0.1) is 24.0 Å². The maximum atomic E-state index is 5.95. The molecule has 3 rings (SSSR count). The highest BCUT2D eigenvalue weighted by atomic mass is 127. The molecule has 29 heavy (non-hydrogen) atoms. The molecule has 164 valence electrons. The zero-order valence-electron chi connectivity index (χ0n) is 18.2. The van der Waals surface area contributed by atoms with Crippen molar-refractivity contribution in [2.75, 3.05) is 52.9 Å². The van der Waals surface area contributed by atoms with Crippen LogP contribution in [0.1, 0.15) is 38.2 Å². The van der Waals surface area contributed by atoms with Gasteiger partial charge in [0, 0.05) is 32.6 Å². The summed E-state index contributed by atoms with van der Waals surface area (Å²) in [6, 6.07) is 10.4. The van der Waals surface area contributed by atoms with Crippen molar-refractivity contribution in [3.8, 4) is 0 Å². The maximum absolute atomic E-state index is 5.95. The smallest absolute Gasteiger partial charge is 0.193 e. The first-order chi connectivity index (χ1) is 13.7. The average molecular weight is 514 g/mol. The van der Waals surface area contributed by atoms with Crippen molar-refractivity contribution in [1.82, 2.24) is 15.1 Å². The molecule has 6 heteroatoms. The van der Waals surface area contributed by atoms with Gasteiger partial charge in [0.15, 0.2) is 5.96 Å². The maximum Gasteiger partial charge on any atom is 0.193 e. The fraction of sp³-hybridized carbons (Fsp3) is 0.696. The molecule has 1 aromatic rings. The molecule has 1 N–H and O–H groups in total. The van der Waals surface area contributed by atoms with E-state index < -0.39 is 0 Å². The van der Waals surface area contributed by atoms with Crippen molar-refractivity contribution in [3.63, 3.8) is 0 Å². The molecule has 1 atom stereocenters. The lowest BCUT2D eigenvalue weighted by molar-refractivity contribution is 0.0906. The Labute approximate surface area is 194 Å². The number of benzene rings is 1. The third kappa shape index (κ3) is 8.42. The van der Waals surface area contributed by atoms with Crippen LogP contribution in [-0.2, 0) is 11.3 Å². The molecule has 0 bridgehead atoms. The number of aliphatic imine (C=N–C) groups is 1. The first-order valence-electron chi connectivity index (χ1n) is 11.0. The fourth-order valence-electron chi connectivity index (χ4n) is 4.20. The predicted octanol–water partition coefficient (Wildman–Crippen LogP) is 3.84. The second-order valence-corrected chi connectivity index (χ2v) is 8.45. The van der Waals surface area contributed by atoms with Crippen LogP contribution >= 0.6 is 24.0 Å². The molecule has 2 aliphatic rings. The van der Waals surface area contributed by atoms with E-state index in [0.29, 0.717) is 12.5 Å². The minimum absolute atomic E-state index is 0. The van der Waals surface area contributed by atoms with Crippen molar-refractivity contribution in [3.05, 3.63) is 35.9 Å². The van der Waals surface area contributed by atoms with Gasteiger partial charge in [0.25, 0.3) is 0 Å². The highest BCUT2D eigenvalue weighted by Crippen LogP contribution is 2.18. The molecule has 0 aromatic heterocycles. The number of nitrogens with one attached hydrogen (secondary N) is 1. The molecule has 2 fully saturated rings. The van der Waals surface area contributed by atoms with Crippen molar-refractivity contribution < 1.29 is 4.74 Å². The van der Waals surface area contributed by atoms with E-state index in [4.69, 9.17) is 4.74 Å². The van der Waals surface area contributed by atoms with E-state index in [1.165, 1.54) is 50.9 Å². The quantitative estimate of drug-likeness (QED) is 0.248. The minimum Gasteiger partial charge on any atom is -0.376 e. The van der Waals surface area contributed by atoms with Crippen LogP contribution in [-0.4, -0.2) is 68.7 Å². The SMILES string of the molecule is CN=C(NCCCN1CCC(C)CC1)N1CCC(COCc2ccccc2)C1.I. The van der Waals surface area contributed by atoms with E-state index in [-0.39, 0.29) is 24.0 Å². The number of hydrogen-bond donors (Lipinski definition) is 1. The van der Waals surface area contributed by atoms with Crippen LogP contribution in [0, 0.1) is 11.8 Å². The molecule has 0 spiro atoms. The highest BCUT2D eigenvalue weighted by molar-refractivity contribution is 14.0. The van der Waals surface area contributed by atoms with Crippen LogP contribution < -0.4 is 5.32 Å². The first-order valence-corrected chi connectivity index (χ1v) is 11.0. The molecule has 0 aliphatic carbocycles. The molecular weight excluding hydrogens is 475 g/mol. The number of likely N-dealkylation sites (tertiary alicyclic amines) is 2. The van der Waals surface area contributed by atoms with Crippen molar-refractivity contribution >= 4 is 29.9 Å². The van der Waals surface area contributed by atoms with E-state index in [2.05, 4.69) is 51.3 Å². The van der Waals surface area contributed by atoms with Crippen molar-refractivity contribution in [2.24, 2.45) is 16.8 Å². The molecule has 5 nitrogen and oxygen atoms in total. The van der Waals surface area contributed by atoms with Crippen LogP contribution in [0.2, 0.25) is 0 Å². The molecule has 2 heterocycles. The third-order valence-electron chi connectivity index (χ3n) is 6.07. The lowest BCUT2D eigenvalue weighted by Crippen LogP contribution is -2.41. The second-order valence-electron chi connectivity index (χ2n) is 8.45. The molecule has 1 unspecified atom stereocenters. The number of piperidine rings is 1. The summed E-state index contributed by atoms with van der Waals surface area (Å²) in [6.45, 7) is 10.8. The Kier molecular flexibility index (Phi) is 11.3. The summed E-state index contributed by atoms with van der Waals surface area (Å²) >= 11 is 0. The number of nitrogens with zero attached hydrogens (tertiary/aromatic N) is 3. The fourth-order valence-corrected chi connectivity index (χ4v) is 4.20. The molecule has 2 saturated heterocycles. The molecule has 1 aromatic carbocycles. The molecule has 0 saturated carbocycles. The number of guanidine groups is 1. The van der Waals surface area contributed by atoms with E-state index in [1.54, 1.807) is 0 Å². The molecule has 2 aliphatic heterocycles. The van der Waals surface area contributed by atoms with Gasteiger partial charge >= 0.3 is 0 Å². The number of halogens is 1. The first kappa shape index (κ1) is 24.4. The Hall–Kier alpha value is -0.860. The van der Waals surface area contributed by atoms with Crippen molar-refractivity contribution in [1.29, 1.82) is 0 Å². The van der Waals surface area contributed by atoms with Crippen LogP contribution in [0.25, 0.3) is 0 Å². The van der Waals surface area contributed by atoms with Crippen LogP contribution in [0.15, 0.2) is 35.3 Å². The van der Waals surface area contributed by atoms with E-state index in [0.717, 1.165) is 38.1 Å². The van der Waals surface area contributed by atoms with Gasteiger partial charge in [0.1, 0.15) is 0 Å². The summed E-state index contributed by atoms with van der Waals surface area (Å²) < 4.78 is 5.95. The van der Waals surface area contributed by atoms with Gasteiger partial charge < -0.3 is 19.9 Å². The normalized spacial score (nSPS) is 21.2. The Morgan fingerprint density at radius 1 is 1.14 bits per heavy atom. The van der Waals surface area contributed by atoms with Crippen molar-refractivity contribution in [2.45, 2.75) is 39.2 Å². The number of hydrogen-bond acceptors (Lipinski definition) is 3. The van der Waals surface area contributed by atoms with Crippen LogP contribution in [0.5, 0.6) is 0 Å². The average Bonchev–Trinajstić information content (AvgIpc) is 3.19. The van der Waals surface area contributed by atoms with Gasteiger partial charge in [0.05, 0.1) is 13.2 Å². The monoisotopic (exact) mass is 514 g/mol. The summed E-state index contributed by atoms with van der Waals surface area (Å²) in [5.41, 5.74) is 1.25. The van der Waals surface area contributed by atoms with E-state index >= 15 is 0 Å². The second kappa shape index (κ2) is 13.4. The van der Waals surface area contributed by atoms with Gasteiger partial charge in [-0.05, 0) is 56.8 Å². The lowest BCUT2D eigenvalue weighted by atomic mass is 9.99. The Balaban J connectivity index is 0.00000300. The van der Waals surface area contributed by atoms with Gasteiger partial charge in [-0.1, -0.05) is 37.3 Å². The Bertz CT molecular complexity index is 590. The molecule has 0 radical (unpaired) electrons. The highest BCUT2D eigenvalue weighted by Gasteiger charge is 2.25. The van der Waals surface area contributed by atoms with Crippen LogP contribution in [0.3, 0.4) is 0 Å². The zero-order valence-corrected chi connectivity index (χ0v) is 20.5. The largest absolute Gasteiger partial charge is 0.376 e. The summed E-state index contributed by atoms with van der Waals surface area (Å²) in [6.07, 6.45) is 5.08. The van der Waals surface area contributed by atoms with E-state index in [9.17, 15) is 0 Å². The summed E-state index contributed by atoms with van der Waals surface area (Å²) in [7, 11) is 1.90.